The van der Waals surface area contributed by atoms with Gasteiger partial charge >= 0.3 is 0 Å². The van der Waals surface area contributed by atoms with Gasteiger partial charge in [-0.05, 0) is 57.6 Å². The predicted molar refractivity (Wildman–Crippen MR) is 242 cm³/mol. The van der Waals surface area contributed by atoms with Crippen LogP contribution in [-0.2, 0) is 5.41 Å². The van der Waals surface area contributed by atoms with Crippen molar-refractivity contribution in [3.63, 3.8) is 0 Å². The fourth-order valence-electron chi connectivity index (χ4n) is 9.02. The van der Waals surface area contributed by atoms with Gasteiger partial charge < -0.3 is 4.57 Å². The Kier molecular flexibility index (Phi) is 5.35. The van der Waals surface area contributed by atoms with Gasteiger partial charge in [0.05, 0.1) is 41.5 Å². The third-order valence-corrected chi connectivity index (χ3v) is 11.6. The minimum absolute atomic E-state index is 0.00449. The second kappa shape index (κ2) is 12.7. The van der Waals surface area contributed by atoms with Crippen molar-refractivity contribution in [2.75, 3.05) is 0 Å². The summed E-state index contributed by atoms with van der Waals surface area (Å²) < 4.78 is 97.7. The van der Waals surface area contributed by atoms with E-state index in [1.807, 2.05) is 109 Å². The number of para-hydroxylation sites is 2. The minimum atomic E-state index is -0.693. The van der Waals surface area contributed by atoms with Gasteiger partial charge in [-0.2, -0.15) is 9.97 Å². The zero-order valence-corrected chi connectivity index (χ0v) is 31.9. The zero-order chi connectivity index (χ0) is 47.9. The van der Waals surface area contributed by atoms with E-state index in [1.54, 1.807) is 4.57 Å². The Morgan fingerprint density at radius 1 is 0.458 bits per heavy atom. The van der Waals surface area contributed by atoms with Crippen LogP contribution in [0.15, 0.2) is 188 Å². The molecule has 0 saturated carbocycles. The summed E-state index contributed by atoms with van der Waals surface area (Å²) in [4.78, 5) is 15.1. The summed E-state index contributed by atoms with van der Waals surface area (Å²) in [6.45, 7) is 4.23. The average molecular weight is 766 g/mol. The molecule has 0 aliphatic heterocycles. The van der Waals surface area contributed by atoms with Gasteiger partial charge in [0.15, 0.2) is 11.6 Å². The summed E-state index contributed by atoms with van der Waals surface area (Å²) in [5.74, 6) is 0.448. The Morgan fingerprint density at radius 2 is 0.966 bits per heavy atom. The van der Waals surface area contributed by atoms with Crippen molar-refractivity contribution < 1.29 is 13.7 Å². The van der Waals surface area contributed by atoms with Crippen molar-refractivity contribution in [1.82, 2.24) is 24.1 Å². The number of hydrogen-bond acceptors (Lipinski definition) is 3. The summed E-state index contributed by atoms with van der Waals surface area (Å²) in [5.41, 5.74) is 6.85. The molecule has 0 N–H and O–H groups in total. The smallest absolute Gasteiger partial charge is 0.238 e. The summed E-state index contributed by atoms with van der Waals surface area (Å²) >= 11 is 0. The molecule has 59 heavy (non-hydrogen) atoms. The lowest BCUT2D eigenvalue weighted by atomic mass is 9.81. The molecule has 8 aromatic carbocycles. The van der Waals surface area contributed by atoms with Gasteiger partial charge in [0.2, 0.25) is 5.95 Å². The molecule has 0 unspecified atom stereocenters. The first-order chi connectivity index (χ1) is 33.2. The molecule has 5 nitrogen and oxygen atoms in total. The highest BCUT2D eigenvalue weighted by Gasteiger charge is 2.39. The van der Waals surface area contributed by atoms with E-state index in [1.165, 1.54) is 4.57 Å². The van der Waals surface area contributed by atoms with E-state index in [0.717, 1.165) is 33.4 Å². The van der Waals surface area contributed by atoms with Gasteiger partial charge in [0, 0.05) is 38.1 Å². The number of nitrogens with zero attached hydrogens (tertiary/aromatic N) is 5. The molecular weight excluding hydrogens is 719 g/mol. The molecule has 0 atom stereocenters. The van der Waals surface area contributed by atoms with Crippen LogP contribution in [0.5, 0.6) is 0 Å². The molecule has 0 saturated heterocycles. The molecule has 278 valence electrons. The normalized spacial score (nSPS) is 15.4. The van der Waals surface area contributed by atoms with Crippen LogP contribution in [0.3, 0.4) is 0 Å². The molecule has 0 fully saturated rings. The number of aromatic nitrogens is 5. The molecule has 3 aromatic heterocycles. The molecule has 0 bridgehead atoms. The van der Waals surface area contributed by atoms with Gasteiger partial charge in [-0.15, -0.1) is 0 Å². The predicted octanol–water partition coefficient (Wildman–Crippen LogP) is 13.4. The second-order valence-electron chi connectivity index (χ2n) is 15.3. The lowest BCUT2D eigenvalue weighted by molar-refractivity contribution is 0.657. The van der Waals surface area contributed by atoms with Crippen LogP contribution in [0, 0.1) is 0 Å². The Labute approximate surface area is 355 Å². The molecule has 0 spiro atoms. The second-order valence-corrected chi connectivity index (χ2v) is 15.3. The lowest BCUT2D eigenvalue weighted by Crippen LogP contribution is -2.18. The maximum atomic E-state index is 9.94. The highest BCUT2D eigenvalue weighted by Crippen LogP contribution is 2.53. The van der Waals surface area contributed by atoms with Crippen LogP contribution in [0.2, 0.25) is 0 Å². The van der Waals surface area contributed by atoms with Crippen LogP contribution in [0.1, 0.15) is 38.7 Å². The van der Waals surface area contributed by atoms with E-state index in [-0.39, 0.29) is 73.3 Å². The average Bonchev–Trinajstić information content (AvgIpc) is 4.00. The van der Waals surface area contributed by atoms with E-state index in [2.05, 4.69) is 32.0 Å². The molecule has 3 heterocycles. The molecule has 0 amide bonds. The molecular formula is C54H37N5. The summed E-state index contributed by atoms with van der Waals surface area (Å²) in [5, 5.41) is -0.0194. The standard InChI is InChI=1S/C54H37N5/c1-54(2)44-27-15-12-24-38(44)43-32-37(34-18-6-3-7-19-34)33-47(48(43)54)58-45-28-16-13-25-39(45)41-30-31-42-40-26-14-17-29-46(40)59(50(42)49(41)58)53-56-51(35-20-8-4-9-21-35)55-52(57-53)36-22-10-5-11-23-36/h3-33H,1-2H3/i13D,14D,16D,17D,25D,26D,28D,29D,30D,31D. The first-order valence-corrected chi connectivity index (χ1v) is 19.4. The molecule has 0 radical (unpaired) electrons. The topological polar surface area (TPSA) is 48.5 Å². The molecule has 1 aliphatic carbocycles. The van der Waals surface area contributed by atoms with Crippen LogP contribution in [-0.4, -0.2) is 24.1 Å². The fourth-order valence-corrected chi connectivity index (χ4v) is 9.02. The van der Waals surface area contributed by atoms with Gasteiger partial charge in [-0.25, -0.2) is 4.98 Å². The summed E-state index contributed by atoms with van der Waals surface area (Å²) in [6, 6.07) is 36.0. The maximum absolute atomic E-state index is 9.94. The minimum Gasteiger partial charge on any atom is -0.307 e. The van der Waals surface area contributed by atoms with Crippen LogP contribution >= 0.6 is 0 Å². The van der Waals surface area contributed by atoms with Crippen molar-refractivity contribution in [2.24, 2.45) is 0 Å². The molecule has 1 aliphatic rings. The monoisotopic (exact) mass is 765 g/mol. The Morgan fingerprint density at radius 3 is 1.58 bits per heavy atom. The summed E-state index contributed by atoms with van der Waals surface area (Å²) in [7, 11) is 0. The van der Waals surface area contributed by atoms with Crippen LogP contribution in [0.25, 0.3) is 100 Å². The number of rotatable bonds is 5. The van der Waals surface area contributed by atoms with E-state index >= 15 is 0 Å². The zero-order valence-electron chi connectivity index (χ0n) is 41.9. The van der Waals surface area contributed by atoms with Gasteiger partial charge in [-0.1, -0.05) is 177 Å². The van der Waals surface area contributed by atoms with E-state index < -0.39 is 53.8 Å². The van der Waals surface area contributed by atoms with Crippen molar-refractivity contribution in [1.29, 1.82) is 0 Å². The van der Waals surface area contributed by atoms with Gasteiger partial charge in [-0.3, -0.25) is 4.57 Å². The van der Waals surface area contributed by atoms with Gasteiger partial charge in [0.25, 0.3) is 0 Å². The van der Waals surface area contributed by atoms with Crippen molar-refractivity contribution >= 4 is 43.6 Å². The first-order valence-electron chi connectivity index (χ1n) is 24.4. The number of hydrogen-bond donors (Lipinski definition) is 0. The third kappa shape index (κ3) is 4.95. The quantitative estimate of drug-likeness (QED) is 0.175. The highest BCUT2D eigenvalue weighted by atomic mass is 15.2. The Balaban J connectivity index is 1.39. The summed E-state index contributed by atoms with van der Waals surface area (Å²) in [6.07, 6.45) is 0. The lowest BCUT2D eigenvalue weighted by Gasteiger charge is -2.26. The SMILES string of the molecule is [2H]c1c([2H])c([2H])c2c(c1[2H])c1c([2H])c([2H])c3c4c([2H])c([2H])c([2H])c([2H])c4n(-c4cc(-c5ccccc5)cc5c4C(C)(C)c4ccccc4-5)c3c1n2-c1nc(-c2ccccc2)nc(-c2ccccc2)n1. The van der Waals surface area contributed by atoms with Crippen molar-refractivity contribution in [3.8, 4) is 56.7 Å². The van der Waals surface area contributed by atoms with Crippen LogP contribution in [0.4, 0.5) is 0 Å². The van der Waals surface area contributed by atoms with Gasteiger partial charge in [0.1, 0.15) is 0 Å². The third-order valence-electron chi connectivity index (χ3n) is 11.6. The Bertz CT molecular complexity index is 3980. The molecule has 12 rings (SSSR count). The van der Waals surface area contributed by atoms with E-state index in [0.29, 0.717) is 16.8 Å². The largest absolute Gasteiger partial charge is 0.307 e. The molecule has 11 aromatic rings. The van der Waals surface area contributed by atoms with Crippen molar-refractivity contribution in [2.45, 2.75) is 19.3 Å². The maximum Gasteiger partial charge on any atom is 0.238 e. The van der Waals surface area contributed by atoms with E-state index in [9.17, 15) is 8.22 Å². The van der Waals surface area contributed by atoms with Crippen molar-refractivity contribution in [3.05, 3.63) is 199 Å². The number of fused-ring (bicyclic) bond motifs is 10. The van der Waals surface area contributed by atoms with Crippen LogP contribution < -0.4 is 0 Å². The highest BCUT2D eigenvalue weighted by molar-refractivity contribution is 6.24. The number of benzene rings is 8. The Hall–Kier alpha value is -7.63. The molecule has 5 heteroatoms. The fraction of sp³-hybridized carbons (Fsp3) is 0.0556. The van der Waals surface area contributed by atoms with E-state index in [4.69, 9.17) is 20.4 Å². The first kappa shape index (κ1) is 24.9.